The van der Waals surface area contributed by atoms with Gasteiger partial charge in [-0.3, -0.25) is 4.79 Å². The first-order chi connectivity index (χ1) is 13.8. The van der Waals surface area contributed by atoms with Crippen molar-refractivity contribution in [1.29, 1.82) is 5.26 Å². The number of nitriles is 1. The summed E-state index contributed by atoms with van der Waals surface area (Å²) in [6.07, 6.45) is 1.94. The first kappa shape index (κ1) is 20.2. The number of rotatable bonds is 7. The van der Waals surface area contributed by atoms with Gasteiger partial charge in [-0.25, -0.2) is 13.1 Å². The molecule has 0 unspecified atom stereocenters. The lowest BCUT2D eigenvalue weighted by atomic mass is 10.1. The lowest BCUT2D eigenvalue weighted by Gasteiger charge is -2.03. The Balaban J connectivity index is 1.62. The zero-order chi connectivity index (χ0) is 21.0. The van der Waals surface area contributed by atoms with Crippen LogP contribution in [0.15, 0.2) is 52.0 Å². The van der Waals surface area contributed by atoms with E-state index >= 15 is 0 Å². The molecule has 3 aromatic rings. The lowest BCUT2D eigenvalue weighted by Crippen LogP contribution is -2.24. The molecule has 3 N–H and O–H groups in total. The van der Waals surface area contributed by atoms with Gasteiger partial charge in [0.2, 0.25) is 14.9 Å². The van der Waals surface area contributed by atoms with E-state index in [1.807, 2.05) is 30.3 Å². The van der Waals surface area contributed by atoms with Gasteiger partial charge in [0.05, 0.1) is 11.4 Å². The van der Waals surface area contributed by atoms with Crippen LogP contribution in [-0.2, 0) is 16.3 Å². The number of amides is 1. The number of hydrogen-bond acceptors (Lipinski definition) is 7. The second kappa shape index (κ2) is 8.20. The summed E-state index contributed by atoms with van der Waals surface area (Å²) in [6.45, 7) is 0.288. The van der Waals surface area contributed by atoms with Crippen molar-refractivity contribution >= 4 is 21.6 Å². The Morgan fingerprint density at radius 3 is 2.62 bits per heavy atom. The fourth-order valence-corrected chi connectivity index (χ4v) is 3.28. The summed E-state index contributed by atoms with van der Waals surface area (Å²) in [4.78, 5) is 12.1. The van der Waals surface area contributed by atoms with Crippen LogP contribution < -0.4 is 11.1 Å². The summed E-state index contributed by atoms with van der Waals surface area (Å²) in [5.41, 5.74) is 7.66. The van der Waals surface area contributed by atoms with Crippen LogP contribution in [0.1, 0.15) is 28.2 Å². The molecule has 0 aliphatic rings. The number of furan rings is 1. The van der Waals surface area contributed by atoms with E-state index < -0.39 is 15.7 Å². The second-order valence-electron chi connectivity index (χ2n) is 6.32. The normalized spacial score (nSPS) is 11.2. The summed E-state index contributed by atoms with van der Waals surface area (Å²) in [5, 5.41) is 16.2. The highest BCUT2D eigenvalue weighted by Crippen LogP contribution is 2.21. The molecule has 1 aromatic carbocycles. The van der Waals surface area contributed by atoms with Crippen molar-refractivity contribution < 1.29 is 17.6 Å². The maximum absolute atomic E-state index is 12.1. The fraction of sp³-hybridized carbons (Fsp3) is 0.211. The Hall–Kier alpha value is -3.58. The third kappa shape index (κ3) is 4.47. The molecule has 0 saturated heterocycles. The van der Waals surface area contributed by atoms with E-state index in [1.165, 1.54) is 16.8 Å². The van der Waals surface area contributed by atoms with Crippen LogP contribution >= 0.6 is 0 Å². The van der Waals surface area contributed by atoms with Gasteiger partial charge in [-0.1, -0.05) is 18.2 Å². The molecular weight excluding hydrogens is 394 g/mol. The number of aryl methyl sites for hydroxylation is 1. The van der Waals surface area contributed by atoms with E-state index in [1.54, 1.807) is 0 Å². The number of nitrogens with one attached hydrogen (secondary N) is 1. The molecule has 2 aromatic heterocycles. The predicted octanol–water partition coefficient (Wildman–Crippen LogP) is 1.69. The van der Waals surface area contributed by atoms with Gasteiger partial charge >= 0.3 is 0 Å². The number of anilines is 1. The number of nitrogens with two attached hydrogens (primary N) is 1. The van der Waals surface area contributed by atoms with E-state index in [9.17, 15) is 18.5 Å². The first-order valence-electron chi connectivity index (χ1n) is 8.72. The molecule has 0 fully saturated rings. The topological polar surface area (TPSA) is 144 Å². The Kier molecular flexibility index (Phi) is 5.70. The number of hydrogen-bond donors (Lipinski definition) is 2. The monoisotopic (exact) mass is 413 g/mol. The zero-order valence-corrected chi connectivity index (χ0v) is 16.4. The minimum atomic E-state index is -3.51. The first-order valence-corrected chi connectivity index (χ1v) is 10.6. The molecule has 1 amide bonds. The highest BCUT2D eigenvalue weighted by Gasteiger charge is 2.18. The smallest absolute Gasteiger partial charge is 0.287 e. The standard InChI is InChI=1S/C19H19N5O4S/c1-29(26,27)17-10-9-16(28-17)19(25)22-11-5-8-15-14(12-20)18(21)24(23-15)13-6-3-2-4-7-13/h2-4,6-7,9-10H,5,8,11,21H2,1H3,(H,22,25). The van der Waals surface area contributed by atoms with Crippen LogP contribution in [-0.4, -0.2) is 36.9 Å². The molecule has 9 nitrogen and oxygen atoms in total. The van der Waals surface area contributed by atoms with Gasteiger partial charge in [0, 0.05) is 12.8 Å². The number of benzene rings is 1. The predicted molar refractivity (Wildman–Crippen MR) is 105 cm³/mol. The van der Waals surface area contributed by atoms with Gasteiger partial charge in [0.1, 0.15) is 17.5 Å². The lowest BCUT2D eigenvalue weighted by molar-refractivity contribution is 0.0920. The number of aromatic nitrogens is 2. The summed E-state index contributed by atoms with van der Waals surface area (Å²) < 4.78 is 29.4. The van der Waals surface area contributed by atoms with Crippen molar-refractivity contribution in [2.24, 2.45) is 0 Å². The molecule has 10 heteroatoms. The van der Waals surface area contributed by atoms with E-state index in [0.29, 0.717) is 24.1 Å². The summed E-state index contributed by atoms with van der Waals surface area (Å²) in [5.74, 6) is -0.336. The van der Waals surface area contributed by atoms with Gasteiger partial charge in [-0.05, 0) is 37.1 Å². The minimum absolute atomic E-state index is 0.0826. The molecule has 0 saturated carbocycles. The van der Waals surface area contributed by atoms with Crippen molar-refractivity contribution in [2.45, 2.75) is 17.9 Å². The quantitative estimate of drug-likeness (QED) is 0.561. The third-order valence-electron chi connectivity index (χ3n) is 4.15. The SMILES string of the molecule is CS(=O)(=O)c1ccc(C(=O)NCCCc2nn(-c3ccccc3)c(N)c2C#N)o1. The number of sulfone groups is 1. The summed E-state index contributed by atoms with van der Waals surface area (Å²) in [7, 11) is -3.51. The Bertz CT molecular complexity index is 1170. The van der Waals surface area contributed by atoms with Crippen molar-refractivity contribution in [3.8, 4) is 11.8 Å². The maximum atomic E-state index is 12.1. The fourth-order valence-electron chi connectivity index (χ4n) is 2.73. The van der Waals surface area contributed by atoms with Gasteiger partial charge in [0.25, 0.3) is 5.91 Å². The van der Waals surface area contributed by atoms with E-state index in [4.69, 9.17) is 10.2 Å². The van der Waals surface area contributed by atoms with E-state index in [2.05, 4.69) is 16.5 Å². The van der Waals surface area contributed by atoms with Crippen LogP contribution in [0.3, 0.4) is 0 Å². The van der Waals surface area contributed by atoms with Crippen LogP contribution in [0.25, 0.3) is 5.69 Å². The van der Waals surface area contributed by atoms with Crippen molar-refractivity contribution in [3.63, 3.8) is 0 Å². The average molecular weight is 413 g/mol. The van der Waals surface area contributed by atoms with Crippen LogP contribution in [0.4, 0.5) is 5.82 Å². The number of nitrogens with zero attached hydrogens (tertiary/aromatic N) is 3. The molecule has 0 aliphatic heterocycles. The van der Waals surface area contributed by atoms with Crippen LogP contribution in [0, 0.1) is 11.3 Å². The van der Waals surface area contributed by atoms with Crippen molar-refractivity contribution in [1.82, 2.24) is 15.1 Å². The summed E-state index contributed by atoms with van der Waals surface area (Å²) in [6, 6.07) is 13.9. The number of carbonyl (C=O) groups excluding carboxylic acids is 1. The largest absolute Gasteiger partial charge is 0.440 e. The average Bonchev–Trinajstić information content (AvgIpc) is 3.31. The highest BCUT2D eigenvalue weighted by atomic mass is 32.2. The number of nitrogen functional groups attached to an aromatic ring is 1. The molecule has 0 aliphatic carbocycles. The molecule has 0 bridgehead atoms. The zero-order valence-electron chi connectivity index (χ0n) is 15.6. The van der Waals surface area contributed by atoms with Crippen molar-refractivity contribution in [2.75, 3.05) is 18.5 Å². The third-order valence-corrected chi connectivity index (χ3v) is 5.10. The van der Waals surface area contributed by atoms with E-state index in [0.717, 1.165) is 11.9 Å². The maximum Gasteiger partial charge on any atom is 0.287 e. The Morgan fingerprint density at radius 1 is 1.28 bits per heavy atom. The van der Waals surface area contributed by atoms with Crippen LogP contribution in [0.5, 0.6) is 0 Å². The van der Waals surface area contributed by atoms with Gasteiger partial charge < -0.3 is 15.5 Å². The molecule has 3 rings (SSSR count). The van der Waals surface area contributed by atoms with E-state index in [-0.39, 0.29) is 23.2 Å². The second-order valence-corrected chi connectivity index (χ2v) is 8.26. The van der Waals surface area contributed by atoms with Crippen molar-refractivity contribution in [3.05, 3.63) is 59.5 Å². The van der Waals surface area contributed by atoms with Gasteiger partial charge in [0.15, 0.2) is 5.76 Å². The molecule has 0 radical (unpaired) electrons. The van der Waals surface area contributed by atoms with Gasteiger partial charge in [-0.2, -0.15) is 10.4 Å². The Morgan fingerprint density at radius 2 is 2.00 bits per heavy atom. The highest BCUT2D eigenvalue weighted by molar-refractivity contribution is 7.90. The number of para-hydroxylation sites is 1. The Labute approximate surface area is 167 Å². The van der Waals surface area contributed by atoms with Gasteiger partial charge in [-0.15, -0.1) is 0 Å². The van der Waals surface area contributed by atoms with Crippen LogP contribution in [0.2, 0.25) is 0 Å². The summed E-state index contributed by atoms with van der Waals surface area (Å²) >= 11 is 0. The molecular formula is C19H19N5O4S. The number of carbonyl (C=O) groups is 1. The molecule has 0 spiro atoms. The minimum Gasteiger partial charge on any atom is -0.440 e. The molecule has 2 heterocycles. The molecule has 0 atom stereocenters. The molecule has 29 heavy (non-hydrogen) atoms. The molecule has 150 valence electrons.